The van der Waals surface area contributed by atoms with Crippen LogP contribution in [0.3, 0.4) is 0 Å². The highest BCUT2D eigenvalue weighted by molar-refractivity contribution is 5.80. The Hall–Kier alpha value is -2.56. The summed E-state index contributed by atoms with van der Waals surface area (Å²) in [5, 5.41) is 2.75. The summed E-state index contributed by atoms with van der Waals surface area (Å²) in [5.41, 5.74) is 0.825. The van der Waals surface area contributed by atoms with Crippen molar-refractivity contribution in [3.05, 3.63) is 59.9 Å². The van der Waals surface area contributed by atoms with Crippen molar-refractivity contribution in [3.63, 3.8) is 0 Å². The van der Waals surface area contributed by atoms with Crippen molar-refractivity contribution in [2.24, 2.45) is 0 Å². The molecule has 0 aliphatic carbocycles. The number of hydrogen-bond donors (Lipinski definition) is 1. The summed E-state index contributed by atoms with van der Waals surface area (Å²) in [6.07, 6.45) is -0.631. The van der Waals surface area contributed by atoms with E-state index in [0.717, 1.165) is 11.3 Å². The standard InChI is InChI=1S/C17H18FNO3/c1-12(22-16-9-7-15(21-2)8-10-16)17(20)19-11-13-3-5-14(18)6-4-13/h3-10,12H,11H2,1-2H3,(H,19,20)/t12-/m1/s1. The minimum absolute atomic E-state index is 0.236. The van der Waals surface area contributed by atoms with Crippen molar-refractivity contribution in [2.75, 3.05) is 7.11 Å². The minimum Gasteiger partial charge on any atom is -0.497 e. The Kier molecular flexibility index (Phi) is 5.36. The maximum Gasteiger partial charge on any atom is 0.261 e. The predicted octanol–water partition coefficient (Wildman–Crippen LogP) is 2.92. The van der Waals surface area contributed by atoms with Crippen LogP contribution in [-0.2, 0) is 11.3 Å². The molecule has 0 spiro atoms. The number of methoxy groups -OCH3 is 1. The molecule has 0 bridgehead atoms. The highest BCUT2D eigenvalue weighted by atomic mass is 19.1. The lowest BCUT2D eigenvalue weighted by Gasteiger charge is -2.15. The lowest BCUT2D eigenvalue weighted by molar-refractivity contribution is -0.127. The van der Waals surface area contributed by atoms with Gasteiger partial charge in [0.25, 0.3) is 5.91 Å². The predicted molar refractivity (Wildman–Crippen MR) is 81.3 cm³/mol. The van der Waals surface area contributed by atoms with Crippen LogP contribution in [0.4, 0.5) is 4.39 Å². The van der Waals surface area contributed by atoms with Crippen LogP contribution in [0.1, 0.15) is 12.5 Å². The number of amides is 1. The summed E-state index contributed by atoms with van der Waals surface area (Å²) in [7, 11) is 1.58. The largest absolute Gasteiger partial charge is 0.497 e. The van der Waals surface area contributed by atoms with Crippen LogP contribution in [0.2, 0.25) is 0 Å². The van der Waals surface area contributed by atoms with Gasteiger partial charge in [-0.05, 0) is 48.9 Å². The first-order valence-corrected chi connectivity index (χ1v) is 6.91. The number of hydrogen-bond acceptors (Lipinski definition) is 3. The van der Waals surface area contributed by atoms with Crippen LogP contribution in [0.5, 0.6) is 11.5 Å². The van der Waals surface area contributed by atoms with Gasteiger partial charge >= 0.3 is 0 Å². The van der Waals surface area contributed by atoms with Gasteiger partial charge in [0.15, 0.2) is 6.10 Å². The molecule has 2 aromatic carbocycles. The molecular weight excluding hydrogens is 285 g/mol. The van der Waals surface area contributed by atoms with Crippen molar-refractivity contribution >= 4 is 5.91 Å². The average Bonchev–Trinajstić information content (AvgIpc) is 2.54. The topological polar surface area (TPSA) is 47.6 Å². The van der Waals surface area contributed by atoms with E-state index in [2.05, 4.69) is 5.32 Å². The molecule has 0 aromatic heterocycles. The number of halogens is 1. The van der Waals surface area contributed by atoms with Gasteiger partial charge in [0.05, 0.1) is 7.11 Å². The van der Waals surface area contributed by atoms with E-state index in [4.69, 9.17) is 9.47 Å². The molecule has 0 unspecified atom stereocenters. The van der Waals surface area contributed by atoms with Gasteiger partial charge in [0.1, 0.15) is 17.3 Å². The molecule has 2 aromatic rings. The van der Waals surface area contributed by atoms with Crippen molar-refractivity contribution in [3.8, 4) is 11.5 Å². The Balaban J connectivity index is 1.84. The molecule has 0 heterocycles. The molecule has 0 aliphatic rings. The number of rotatable bonds is 6. The summed E-state index contributed by atoms with van der Waals surface area (Å²) in [6, 6.07) is 13.0. The van der Waals surface area contributed by atoms with Crippen molar-refractivity contribution in [2.45, 2.75) is 19.6 Å². The maximum absolute atomic E-state index is 12.8. The van der Waals surface area contributed by atoms with Gasteiger partial charge in [-0.25, -0.2) is 4.39 Å². The first kappa shape index (κ1) is 15.8. The zero-order valence-electron chi connectivity index (χ0n) is 12.5. The second-order valence-corrected chi connectivity index (χ2v) is 4.78. The van der Waals surface area contributed by atoms with E-state index >= 15 is 0 Å². The van der Waals surface area contributed by atoms with Crippen LogP contribution in [-0.4, -0.2) is 19.1 Å². The third kappa shape index (κ3) is 4.48. The zero-order chi connectivity index (χ0) is 15.9. The minimum atomic E-state index is -0.631. The lowest BCUT2D eigenvalue weighted by Crippen LogP contribution is -2.35. The molecule has 1 N–H and O–H groups in total. The molecule has 5 heteroatoms. The van der Waals surface area contributed by atoms with E-state index in [1.54, 1.807) is 50.4 Å². The fraction of sp³-hybridized carbons (Fsp3) is 0.235. The van der Waals surface area contributed by atoms with Crippen molar-refractivity contribution in [1.82, 2.24) is 5.32 Å². The maximum atomic E-state index is 12.8. The van der Waals surface area contributed by atoms with E-state index in [1.807, 2.05) is 0 Å². The smallest absolute Gasteiger partial charge is 0.261 e. The third-order valence-corrected chi connectivity index (χ3v) is 3.12. The monoisotopic (exact) mass is 303 g/mol. The van der Waals surface area contributed by atoms with Crippen LogP contribution in [0, 0.1) is 5.82 Å². The van der Waals surface area contributed by atoms with E-state index in [-0.39, 0.29) is 11.7 Å². The lowest BCUT2D eigenvalue weighted by atomic mass is 10.2. The Morgan fingerprint density at radius 1 is 1.09 bits per heavy atom. The van der Waals surface area contributed by atoms with E-state index in [9.17, 15) is 9.18 Å². The summed E-state index contributed by atoms with van der Waals surface area (Å²) in [4.78, 5) is 12.0. The quantitative estimate of drug-likeness (QED) is 0.892. The number of ether oxygens (including phenoxy) is 2. The molecule has 0 saturated heterocycles. The molecule has 116 valence electrons. The molecule has 0 radical (unpaired) electrons. The number of nitrogens with one attached hydrogen (secondary N) is 1. The number of carbonyl (C=O) groups excluding carboxylic acids is 1. The van der Waals surface area contributed by atoms with Crippen LogP contribution >= 0.6 is 0 Å². The Bertz CT molecular complexity index is 611. The molecule has 1 amide bonds. The molecule has 1 atom stereocenters. The Labute approximate surface area is 128 Å². The van der Waals surface area contributed by atoms with E-state index in [1.165, 1.54) is 12.1 Å². The van der Waals surface area contributed by atoms with Crippen LogP contribution < -0.4 is 14.8 Å². The van der Waals surface area contributed by atoms with Gasteiger partial charge in [-0.15, -0.1) is 0 Å². The SMILES string of the molecule is COc1ccc(O[C@H](C)C(=O)NCc2ccc(F)cc2)cc1. The normalized spacial score (nSPS) is 11.6. The van der Waals surface area contributed by atoms with Gasteiger partial charge in [-0.2, -0.15) is 0 Å². The first-order chi connectivity index (χ1) is 10.6. The molecule has 22 heavy (non-hydrogen) atoms. The second-order valence-electron chi connectivity index (χ2n) is 4.78. The molecular formula is C17H18FNO3. The summed E-state index contributed by atoms with van der Waals surface area (Å²) >= 11 is 0. The summed E-state index contributed by atoms with van der Waals surface area (Å²) < 4.78 is 23.4. The van der Waals surface area contributed by atoms with Gasteiger partial charge in [0.2, 0.25) is 0 Å². The van der Waals surface area contributed by atoms with Gasteiger partial charge in [-0.3, -0.25) is 4.79 Å². The number of carbonyl (C=O) groups is 1. The summed E-state index contributed by atoms with van der Waals surface area (Å²) in [6.45, 7) is 2.00. The molecule has 2 rings (SSSR count). The van der Waals surface area contributed by atoms with Crippen LogP contribution in [0.25, 0.3) is 0 Å². The Morgan fingerprint density at radius 3 is 2.27 bits per heavy atom. The van der Waals surface area contributed by atoms with Crippen molar-refractivity contribution in [1.29, 1.82) is 0 Å². The third-order valence-electron chi connectivity index (χ3n) is 3.12. The van der Waals surface area contributed by atoms with Gasteiger partial charge in [-0.1, -0.05) is 12.1 Å². The number of benzene rings is 2. The van der Waals surface area contributed by atoms with Gasteiger partial charge < -0.3 is 14.8 Å². The molecule has 0 aliphatic heterocycles. The highest BCUT2D eigenvalue weighted by Crippen LogP contribution is 2.18. The van der Waals surface area contributed by atoms with E-state index < -0.39 is 6.10 Å². The Morgan fingerprint density at radius 2 is 1.68 bits per heavy atom. The molecule has 4 nitrogen and oxygen atoms in total. The molecule has 0 saturated carbocycles. The first-order valence-electron chi connectivity index (χ1n) is 6.91. The van der Waals surface area contributed by atoms with Crippen molar-refractivity contribution < 1.29 is 18.7 Å². The fourth-order valence-electron chi connectivity index (χ4n) is 1.85. The second kappa shape index (κ2) is 7.45. The zero-order valence-corrected chi connectivity index (χ0v) is 12.5. The molecule has 0 fully saturated rings. The average molecular weight is 303 g/mol. The summed E-state index contributed by atoms with van der Waals surface area (Å²) in [5.74, 6) is 0.775. The van der Waals surface area contributed by atoms with Gasteiger partial charge in [0, 0.05) is 6.54 Å². The highest BCUT2D eigenvalue weighted by Gasteiger charge is 2.14. The fourth-order valence-corrected chi connectivity index (χ4v) is 1.85. The van der Waals surface area contributed by atoms with Crippen LogP contribution in [0.15, 0.2) is 48.5 Å². The van der Waals surface area contributed by atoms with E-state index in [0.29, 0.717) is 12.3 Å².